The molecule has 0 radical (unpaired) electrons. The first-order valence-electron chi connectivity index (χ1n) is 21.8. The van der Waals surface area contributed by atoms with Gasteiger partial charge in [-0.05, 0) is 12.8 Å². The average Bonchev–Trinajstić information content (AvgIpc) is 3.09. The molecule has 5 nitrogen and oxygen atoms in total. The predicted octanol–water partition coefficient (Wildman–Crippen LogP) is 12.3. The summed E-state index contributed by atoms with van der Waals surface area (Å²) in [6.45, 7) is 4.23. The van der Waals surface area contributed by atoms with Crippen molar-refractivity contribution < 1.29 is 20.1 Å². The van der Waals surface area contributed by atoms with Gasteiger partial charge >= 0.3 is 0 Å². The highest BCUT2D eigenvalue weighted by Crippen LogP contribution is 2.17. The van der Waals surface area contributed by atoms with Crippen LogP contribution in [0.15, 0.2) is 0 Å². The first-order chi connectivity index (χ1) is 23.6. The molecule has 48 heavy (non-hydrogen) atoms. The molecular weight excluding hydrogens is 594 g/mol. The molecule has 1 amide bonds. The van der Waals surface area contributed by atoms with Gasteiger partial charge in [-0.2, -0.15) is 0 Å². The zero-order chi connectivity index (χ0) is 35.2. The molecular formula is C43H87NO4. The molecule has 3 atom stereocenters. The van der Waals surface area contributed by atoms with Crippen LogP contribution in [0.1, 0.15) is 245 Å². The Morgan fingerprint density at radius 2 is 0.667 bits per heavy atom. The molecule has 3 unspecified atom stereocenters. The number of amides is 1. The van der Waals surface area contributed by atoms with Gasteiger partial charge in [0.05, 0.1) is 18.8 Å². The van der Waals surface area contributed by atoms with Crippen LogP contribution in [-0.4, -0.2) is 46.1 Å². The summed E-state index contributed by atoms with van der Waals surface area (Å²) in [6.07, 6.45) is 44.0. The molecule has 0 aliphatic rings. The third kappa shape index (κ3) is 33.8. The molecule has 0 spiro atoms. The van der Waals surface area contributed by atoms with Gasteiger partial charge in [0, 0.05) is 0 Å². The van der Waals surface area contributed by atoms with Gasteiger partial charge in [0.25, 0.3) is 0 Å². The number of carbonyl (C=O) groups is 1. The maximum absolute atomic E-state index is 12.4. The monoisotopic (exact) mass is 682 g/mol. The summed E-state index contributed by atoms with van der Waals surface area (Å²) in [5.41, 5.74) is 0. The fourth-order valence-corrected chi connectivity index (χ4v) is 7.02. The Labute approximate surface area is 300 Å². The van der Waals surface area contributed by atoms with E-state index >= 15 is 0 Å². The number of unbranched alkanes of at least 4 members (excludes halogenated alkanes) is 32. The molecule has 4 N–H and O–H groups in total. The van der Waals surface area contributed by atoms with Gasteiger partial charge in [-0.15, -0.1) is 0 Å². The lowest BCUT2D eigenvalue weighted by atomic mass is 10.0. The molecule has 0 bridgehead atoms. The summed E-state index contributed by atoms with van der Waals surface area (Å²) in [6, 6.07) is -0.704. The molecule has 5 heteroatoms. The Hall–Kier alpha value is -0.650. The highest BCUT2D eigenvalue weighted by molar-refractivity contribution is 5.80. The van der Waals surface area contributed by atoms with Crippen LogP contribution >= 0.6 is 0 Å². The Morgan fingerprint density at radius 1 is 0.417 bits per heavy atom. The van der Waals surface area contributed by atoms with E-state index in [1.165, 1.54) is 186 Å². The lowest BCUT2D eigenvalue weighted by Crippen LogP contribution is -2.49. The summed E-state index contributed by atoms with van der Waals surface area (Å²) in [4.78, 5) is 12.4. The topological polar surface area (TPSA) is 89.8 Å². The maximum atomic E-state index is 12.4. The SMILES string of the molecule is CCCCCCCCCCCCCCCCCCCCCCCCCCC(O)C(=O)NC(CO)C(O)CCCCCCCCCCCC. The minimum atomic E-state index is -1.07. The van der Waals surface area contributed by atoms with E-state index in [9.17, 15) is 20.1 Å². The maximum Gasteiger partial charge on any atom is 0.249 e. The van der Waals surface area contributed by atoms with Crippen LogP contribution in [0, 0.1) is 0 Å². The van der Waals surface area contributed by atoms with Crippen LogP contribution < -0.4 is 5.32 Å². The number of hydrogen-bond donors (Lipinski definition) is 4. The zero-order valence-electron chi connectivity index (χ0n) is 32.6. The van der Waals surface area contributed by atoms with Gasteiger partial charge in [-0.25, -0.2) is 0 Å². The van der Waals surface area contributed by atoms with E-state index < -0.39 is 24.2 Å². The molecule has 288 valence electrons. The van der Waals surface area contributed by atoms with Crippen molar-refractivity contribution in [1.29, 1.82) is 0 Å². The van der Waals surface area contributed by atoms with Crippen LogP contribution in [-0.2, 0) is 4.79 Å². The van der Waals surface area contributed by atoms with E-state index in [0.29, 0.717) is 12.8 Å². The van der Waals surface area contributed by atoms with Gasteiger partial charge in [-0.1, -0.05) is 232 Å². The molecule has 0 aromatic rings. The highest BCUT2D eigenvalue weighted by Gasteiger charge is 2.23. The zero-order valence-corrected chi connectivity index (χ0v) is 32.6. The quantitative estimate of drug-likeness (QED) is 0.0485. The molecule has 0 aromatic carbocycles. The van der Waals surface area contributed by atoms with Gasteiger partial charge in [-0.3, -0.25) is 4.79 Å². The lowest BCUT2D eigenvalue weighted by molar-refractivity contribution is -0.131. The summed E-state index contributed by atoms with van der Waals surface area (Å²) in [5.74, 6) is -0.467. The largest absolute Gasteiger partial charge is 0.394 e. The summed E-state index contributed by atoms with van der Waals surface area (Å²) in [7, 11) is 0. The highest BCUT2D eigenvalue weighted by atomic mass is 16.3. The Bertz CT molecular complexity index is 630. The van der Waals surface area contributed by atoms with E-state index in [4.69, 9.17) is 0 Å². The van der Waals surface area contributed by atoms with Crippen molar-refractivity contribution in [3.8, 4) is 0 Å². The normalized spacial score (nSPS) is 13.5. The van der Waals surface area contributed by atoms with Crippen molar-refractivity contribution in [2.75, 3.05) is 6.61 Å². The standard InChI is InChI=1S/C43H87NO4/c1-3-5-7-9-11-13-15-16-17-18-19-20-21-22-23-24-25-26-27-28-30-32-34-36-38-42(47)43(48)44-40(39-45)41(46)37-35-33-31-29-14-12-10-8-6-4-2/h40-42,45-47H,3-39H2,1-2H3,(H,44,48). The molecule has 0 saturated heterocycles. The Kier molecular flexibility index (Phi) is 38.6. The van der Waals surface area contributed by atoms with Crippen molar-refractivity contribution in [2.24, 2.45) is 0 Å². The number of carbonyl (C=O) groups excluding carboxylic acids is 1. The van der Waals surface area contributed by atoms with Gasteiger partial charge in [0.15, 0.2) is 0 Å². The molecule has 0 aliphatic carbocycles. The van der Waals surface area contributed by atoms with Crippen LogP contribution in [0.2, 0.25) is 0 Å². The van der Waals surface area contributed by atoms with Crippen LogP contribution in [0.4, 0.5) is 0 Å². The summed E-state index contributed by atoms with van der Waals surface area (Å²) >= 11 is 0. The number of nitrogens with one attached hydrogen (secondary N) is 1. The van der Waals surface area contributed by atoms with Crippen molar-refractivity contribution in [3.05, 3.63) is 0 Å². The van der Waals surface area contributed by atoms with Gasteiger partial charge in [0.1, 0.15) is 6.10 Å². The molecule has 0 aromatic heterocycles. The molecule has 0 rings (SSSR count). The van der Waals surface area contributed by atoms with Gasteiger partial charge in [0.2, 0.25) is 5.91 Å². The number of hydrogen-bond acceptors (Lipinski definition) is 4. The van der Waals surface area contributed by atoms with E-state index in [1.54, 1.807) is 0 Å². The van der Waals surface area contributed by atoms with Crippen molar-refractivity contribution >= 4 is 5.91 Å². The van der Waals surface area contributed by atoms with Crippen LogP contribution in [0.5, 0.6) is 0 Å². The molecule has 0 saturated carbocycles. The number of aliphatic hydroxyl groups excluding tert-OH is 3. The van der Waals surface area contributed by atoms with E-state index in [1.807, 2.05) is 0 Å². The van der Waals surface area contributed by atoms with Crippen molar-refractivity contribution in [2.45, 2.75) is 263 Å². The first-order valence-corrected chi connectivity index (χ1v) is 21.8. The lowest BCUT2D eigenvalue weighted by Gasteiger charge is -2.23. The van der Waals surface area contributed by atoms with Crippen molar-refractivity contribution in [1.82, 2.24) is 5.32 Å². The molecule has 0 aliphatic heterocycles. The van der Waals surface area contributed by atoms with Crippen LogP contribution in [0.25, 0.3) is 0 Å². The second kappa shape index (κ2) is 39.1. The van der Waals surface area contributed by atoms with E-state index in [-0.39, 0.29) is 6.61 Å². The second-order valence-corrected chi connectivity index (χ2v) is 15.3. The molecule has 0 heterocycles. The fraction of sp³-hybridized carbons (Fsp3) is 0.977. The first kappa shape index (κ1) is 47.4. The number of aliphatic hydroxyl groups is 3. The minimum Gasteiger partial charge on any atom is -0.394 e. The minimum absolute atomic E-state index is 0.309. The smallest absolute Gasteiger partial charge is 0.249 e. The Morgan fingerprint density at radius 3 is 0.938 bits per heavy atom. The van der Waals surface area contributed by atoms with E-state index in [2.05, 4.69) is 19.2 Å². The molecule has 0 fully saturated rings. The van der Waals surface area contributed by atoms with E-state index in [0.717, 1.165) is 32.1 Å². The third-order valence-electron chi connectivity index (χ3n) is 10.5. The fourth-order valence-electron chi connectivity index (χ4n) is 7.02. The van der Waals surface area contributed by atoms with Gasteiger partial charge < -0.3 is 20.6 Å². The average molecular weight is 682 g/mol. The Balaban J connectivity index is 3.50. The summed E-state index contributed by atoms with van der Waals surface area (Å²) in [5, 5.41) is 33.2. The van der Waals surface area contributed by atoms with Crippen molar-refractivity contribution in [3.63, 3.8) is 0 Å². The summed E-state index contributed by atoms with van der Waals surface area (Å²) < 4.78 is 0. The predicted molar refractivity (Wildman–Crippen MR) is 209 cm³/mol. The van der Waals surface area contributed by atoms with Crippen LogP contribution in [0.3, 0.4) is 0 Å². The second-order valence-electron chi connectivity index (χ2n) is 15.3. The number of rotatable bonds is 40. The third-order valence-corrected chi connectivity index (χ3v) is 10.5.